The first-order chi connectivity index (χ1) is 10.5. The van der Waals surface area contributed by atoms with Crippen molar-refractivity contribution in [3.8, 4) is 6.07 Å². The average molecular weight is 304 g/mol. The third-order valence-corrected chi connectivity index (χ3v) is 4.61. The van der Waals surface area contributed by atoms with Crippen LogP contribution in [0.4, 0.5) is 4.79 Å². The Bertz CT molecular complexity index is 474. The summed E-state index contributed by atoms with van der Waals surface area (Å²) < 4.78 is 5.67. The molecule has 0 spiro atoms. The Labute approximate surface area is 134 Å². The summed E-state index contributed by atoms with van der Waals surface area (Å²) in [6, 6.07) is 2.38. The summed E-state index contributed by atoms with van der Waals surface area (Å²) in [5.74, 6) is 0.506. The van der Waals surface area contributed by atoms with Crippen LogP contribution in [0.2, 0.25) is 0 Å². The summed E-state index contributed by atoms with van der Waals surface area (Å²) in [7, 11) is 0. The summed E-state index contributed by atoms with van der Waals surface area (Å²) >= 11 is 0. The topological polar surface area (TPSA) is 53.3 Å². The van der Waals surface area contributed by atoms with Gasteiger partial charge in [-0.25, -0.2) is 4.79 Å². The molecule has 4 nitrogen and oxygen atoms in total. The lowest BCUT2D eigenvalue weighted by atomic mass is 9.96. The van der Waals surface area contributed by atoms with Crippen molar-refractivity contribution in [1.29, 1.82) is 5.26 Å². The average Bonchev–Trinajstić information content (AvgIpc) is 3.31. The first-order valence-electron chi connectivity index (χ1n) is 8.56. The van der Waals surface area contributed by atoms with Gasteiger partial charge in [0.2, 0.25) is 0 Å². The van der Waals surface area contributed by atoms with E-state index in [2.05, 4.69) is 13.0 Å². The van der Waals surface area contributed by atoms with Crippen LogP contribution in [0.5, 0.6) is 0 Å². The molecule has 1 saturated carbocycles. The Morgan fingerprint density at radius 3 is 2.50 bits per heavy atom. The molecule has 0 atom stereocenters. The van der Waals surface area contributed by atoms with Crippen molar-refractivity contribution in [2.24, 2.45) is 5.92 Å². The Morgan fingerprint density at radius 2 is 2.00 bits per heavy atom. The second-order valence-corrected chi connectivity index (χ2v) is 7.12. The van der Waals surface area contributed by atoms with Crippen molar-refractivity contribution in [2.75, 3.05) is 13.1 Å². The number of allylic oxidation sites excluding steroid dienone is 1. The third kappa shape index (κ3) is 4.50. The quantitative estimate of drug-likeness (QED) is 0.707. The molecule has 0 bridgehead atoms. The molecular weight excluding hydrogens is 276 g/mol. The number of piperidine rings is 1. The number of nitrogens with zero attached hydrogens (tertiary/aromatic N) is 2. The van der Waals surface area contributed by atoms with Crippen LogP contribution in [0.15, 0.2) is 11.1 Å². The summed E-state index contributed by atoms with van der Waals surface area (Å²) in [6.07, 6.45) is 6.83. The number of nitriles is 1. The number of carbonyl (C=O) groups excluding carboxylic acids is 1. The van der Waals surface area contributed by atoms with Gasteiger partial charge in [0, 0.05) is 18.7 Å². The van der Waals surface area contributed by atoms with Crippen molar-refractivity contribution in [2.45, 2.75) is 71.3 Å². The van der Waals surface area contributed by atoms with E-state index in [4.69, 9.17) is 4.74 Å². The van der Waals surface area contributed by atoms with E-state index in [9.17, 15) is 10.1 Å². The van der Waals surface area contributed by atoms with E-state index in [1.54, 1.807) is 4.90 Å². The van der Waals surface area contributed by atoms with Gasteiger partial charge in [-0.15, -0.1) is 0 Å². The molecule has 122 valence electrons. The maximum absolute atomic E-state index is 12.3. The summed E-state index contributed by atoms with van der Waals surface area (Å²) in [4.78, 5) is 14.1. The summed E-state index contributed by atoms with van der Waals surface area (Å²) in [6.45, 7) is 7.46. The van der Waals surface area contributed by atoms with Gasteiger partial charge in [0.1, 0.15) is 5.60 Å². The first-order valence-corrected chi connectivity index (χ1v) is 8.56. The molecule has 1 aliphatic carbocycles. The van der Waals surface area contributed by atoms with E-state index in [1.165, 1.54) is 5.57 Å². The zero-order valence-electron chi connectivity index (χ0n) is 14.2. The molecule has 2 rings (SSSR count). The maximum Gasteiger partial charge on any atom is 0.410 e. The molecule has 0 N–H and O–H groups in total. The van der Waals surface area contributed by atoms with E-state index in [-0.39, 0.29) is 6.09 Å². The highest BCUT2D eigenvalue weighted by atomic mass is 16.6. The minimum absolute atomic E-state index is 0.204. The molecule has 2 fully saturated rings. The Hall–Kier alpha value is -1.50. The van der Waals surface area contributed by atoms with Gasteiger partial charge in [-0.1, -0.05) is 18.9 Å². The van der Waals surface area contributed by atoms with Gasteiger partial charge in [-0.3, -0.25) is 0 Å². The van der Waals surface area contributed by atoms with Crippen LogP contribution in [-0.2, 0) is 4.74 Å². The van der Waals surface area contributed by atoms with E-state index in [0.29, 0.717) is 19.0 Å². The fraction of sp³-hybridized carbons (Fsp3) is 0.778. The lowest BCUT2D eigenvalue weighted by molar-refractivity contribution is 0.00612. The molecule has 0 unspecified atom stereocenters. The predicted molar refractivity (Wildman–Crippen MR) is 86.3 cm³/mol. The number of rotatable bonds is 5. The van der Waals surface area contributed by atoms with Gasteiger partial charge in [0.15, 0.2) is 0 Å². The van der Waals surface area contributed by atoms with E-state index >= 15 is 0 Å². The highest BCUT2D eigenvalue weighted by Crippen LogP contribution is 2.39. The van der Waals surface area contributed by atoms with Crippen LogP contribution in [0.1, 0.15) is 65.7 Å². The fourth-order valence-electron chi connectivity index (χ4n) is 3.01. The van der Waals surface area contributed by atoms with Crippen LogP contribution in [0.3, 0.4) is 0 Å². The van der Waals surface area contributed by atoms with Crippen molar-refractivity contribution < 1.29 is 9.53 Å². The molecule has 22 heavy (non-hydrogen) atoms. The molecule has 1 amide bonds. The molecule has 1 aliphatic heterocycles. The number of hydrogen-bond donors (Lipinski definition) is 0. The minimum Gasteiger partial charge on any atom is -0.443 e. The van der Waals surface area contributed by atoms with Gasteiger partial charge in [0.05, 0.1) is 6.07 Å². The van der Waals surface area contributed by atoms with Crippen LogP contribution in [0, 0.1) is 17.2 Å². The van der Waals surface area contributed by atoms with Gasteiger partial charge in [-0.2, -0.15) is 5.26 Å². The Morgan fingerprint density at radius 1 is 1.36 bits per heavy atom. The molecule has 1 saturated heterocycles. The van der Waals surface area contributed by atoms with Crippen LogP contribution in [0.25, 0.3) is 0 Å². The molecule has 0 aromatic rings. The number of ether oxygens (including phenoxy) is 1. The standard InChI is InChI=1S/C18H28N2O2/c1-4-5-10-18(2,3)22-17(21)20-11-8-15(9-12-20)16(13-19)14-6-7-14/h14H,4-12H2,1-3H3. The van der Waals surface area contributed by atoms with Gasteiger partial charge in [-0.05, 0) is 58.3 Å². The second-order valence-electron chi connectivity index (χ2n) is 7.12. The zero-order chi connectivity index (χ0) is 16.2. The normalized spacial score (nSPS) is 18.8. The highest BCUT2D eigenvalue weighted by Gasteiger charge is 2.32. The largest absolute Gasteiger partial charge is 0.443 e. The molecule has 0 aromatic carbocycles. The highest BCUT2D eigenvalue weighted by molar-refractivity contribution is 5.68. The predicted octanol–water partition coefficient (Wildman–Crippen LogP) is 4.42. The summed E-state index contributed by atoms with van der Waals surface area (Å²) in [5, 5.41) is 9.29. The van der Waals surface area contributed by atoms with Gasteiger partial charge >= 0.3 is 6.09 Å². The zero-order valence-corrected chi connectivity index (χ0v) is 14.2. The molecule has 2 aliphatic rings. The first kappa shape index (κ1) is 16.9. The monoisotopic (exact) mass is 304 g/mol. The number of hydrogen-bond acceptors (Lipinski definition) is 3. The van der Waals surface area contributed by atoms with Crippen molar-refractivity contribution in [1.82, 2.24) is 4.90 Å². The smallest absolute Gasteiger partial charge is 0.410 e. The van der Waals surface area contributed by atoms with Crippen molar-refractivity contribution in [3.63, 3.8) is 0 Å². The number of carbonyl (C=O) groups is 1. The second kappa shape index (κ2) is 7.17. The number of likely N-dealkylation sites (tertiary alicyclic amines) is 1. The molecule has 4 heteroatoms. The minimum atomic E-state index is -0.394. The Kier molecular flexibility index (Phi) is 5.50. The van der Waals surface area contributed by atoms with Gasteiger partial charge in [0.25, 0.3) is 0 Å². The van der Waals surface area contributed by atoms with E-state index in [0.717, 1.165) is 50.5 Å². The molecule has 0 radical (unpaired) electrons. The Balaban J connectivity index is 1.86. The molecule has 0 aromatic heterocycles. The fourth-order valence-corrected chi connectivity index (χ4v) is 3.01. The summed E-state index contributed by atoms with van der Waals surface area (Å²) in [5.41, 5.74) is 1.87. The lowest BCUT2D eigenvalue weighted by Gasteiger charge is -2.33. The molecular formula is C18H28N2O2. The van der Waals surface area contributed by atoms with E-state index < -0.39 is 5.60 Å². The van der Waals surface area contributed by atoms with Gasteiger partial charge < -0.3 is 9.64 Å². The number of amides is 1. The van der Waals surface area contributed by atoms with Crippen molar-refractivity contribution in [3.05, 3.63) is 11.1 Å². The van der Waals surface area contributed by atoms with Crippen LogP contribution in [-0.4, -0.2) is 29.7 Å². The number of unbranched alkanes of at least 4 members (excludes halogenated alkanes) is 1. The lowest BCUT2D eigenvalue weighted by Crippen LogP contribution is -2.41. The van der Waals surface area contributed by atoms with Crippen LogP contribution >= 0.6 is 0 Å². The molecule has 1 heterocycles. The maximum atomic E-state index is 12.3. The SMILES string of the molecule is CCCCC(C)(C)OC(=O)N1CCC(=C(C#N)C2CC2)CC1. The van der Waals surface area contributed by atoms with E-state index in [1.807, 2.05) is 13.8 Å². The third-order valence-electron chi connectivity index (χ3n) is 4.61. The van der Waals surface area contributed by atoms with Crippen molar-refractivity contribution >= 4 is 6.09 Å². The van der Waals surface area contributed by atoms with Crippen LogP contribution < -0.4 is 0 Å².